The minimum Gasteiger partial charge on any atom is -0.756 e. The van der Waals surface area contributed by atoms with Crippen LogP contribution in [0.4, 0.5) is 4.39 Å². The van der Waals surface area contributed by atoms with Gasteiger partial charge in [0.05, 0.1) is 19.8 Å². The van der Waals surface area contributed by atoms with Gasteiger partial charge in [0.15, 0.2) is 0 Å². The van der Waals surface area contributed by atoms with E-state index in [9.17, 15) is 47.1 Å². The molecule has 1 aliphatic rings. The summed E-state index contributed by atoms with van der Waals surface area (Å²) in [5, 5.41) is 0. The maximum absolute atomic E-state index is 14.9. The summed E-state index contributed by atoms with van der Waals surface area (Å²) in [6.45, 7) is 3.31. The molecule has 1 fully saturated rings. The molecule has 5 atom stereocenters. The Bertz CT molecular complexity index is 2200. The minimum absolute atomic E-state index is 0. The summed E-state index contributed by atoms with van der Waals surface area (Å²) >= 11 is 0. The third kappa shape index (κ3) is 24.3. The van der Waals surface area contributed by atoms with Crippen LogP contribution in [-0.2, 0) is 63.4 Å². The molecule has 2 aromatic carbocycles. The van der Waals surface area contributed by atoms with Gasteiger partial charge >= 0.3 is 84.6 Å². The van der Waals surface area contributed by atoms with Gasteiger partial charge in [-0.1, -0.05) is 115 Å². The molecule has 0 radical (unpaired) electrons. The molecule has 1 N–H and O–H groups in total. The second kappa shape index (κ2) is 32.5. The van der Waals surface area contributed by atoms with Crippen LogP contribution in [0.5, 0.6) is 11.5 Å². The number of benzene rings is 2. The maximum Gasteiger partial charge on any atom is 1.00 e. The van der Waals surface area contributed by atoms with Gasteiger partial charge < -0.3 is 28.5 Å². The van der Waals surface area contributed by atoms with Crippen LogP contribution in [0.3, 0.4) is 0 Å². The van der Waals surface area contributed by atoms with Crippen molar-refractivity contribution in [2.75, 3.05) is 6.61 Å². The van der Waals surface area contributed by atoms with Crippen LogP contribution in [0.25, 0.3) is 0 Å². The zero-order chi connectivity index (χ0) is 48.9. The molecule has 4 rings (SSSR count). The standard InChI is InChI=1S/C44H64FN2O17P3.2Na/c1-4-6-8-10-12-14-16-18-41(48)60-36-24-20-34(21-25-36)30-58-67(56,59-31-35-22-26-37(27-23-35)61-42(49)19-17-15-13-11-9-7-5-2)64-66(54,55)63-65(52,53)57-32-39-38(45)28-40(62-39)47-29-33(3)43(50)46-44(47)51;;/h20-27,29,38-40H,4-19,28,30-32H2,1-3H3,(H,52,53)(H,54,55)(H,46,50,51);;/q;2*+1/p-2/t38-,39+,40+;;/m0../s1. The van der Waals surface area contributed by atoms with Gasteiger partial charge in [-0.05, 0) is 55.2 Å². The average Bonchev–Trinajstić information content (AvgIpc) is 3.65. The number of carbonyl (C=O) groups is 2. The van der Waals surface area contributed by atoms with Crippen molar-refractivity contribution in [1.82, 2.24) is 9.55 Å². The number of unbranched alkanes of at least 4 members (excludes halogenated alkanes) is 12. The van der Waals surface area contributed by atoms with E-state index in [4.69, 9.17) is 23.3 Å². The van der Waals surface area contributed by atoms with Crippen LogP contribution >= 0.6 is 23.5 Å². The summed E-state index contributed by atoms with van der Waals surface area (Å²) in [7, 11) is -17.5. The van der Waals surface area contributed by atoms with E-state index in [-0.39, 0.29) is 100 Å². The number of esters is 2. The van der Waals surface area contributed by atoms with Crippen molar-refractivity contribution in [1.29, 1.82) is 0 Å². The fourth-order valence-electron chi connectivity index (χ4n) is 6.77. The number of nitrogens with one attached hydrogen (secondary N) is 1. The number of alkyl halides is 1. The van der Waals surface area contributed by atoms with Crippen molar-refractivity contribution in [3.63, 3.8) is 0 Å². The molecule has 1 saturated heterocycles. The Morgan fingerprint density at radius 1 is 0.696 bits per heavy atom. The molecule has 2 unspecified atom stereocenters. The molecule has 1 aromatic heterocycles. The van der Waals surface area contributed by atoms with Crippen molar-refractivity contribution >= 4 is 35.4 Å². The minimum atomic E-state index is -6.21. The van der Waals surface area contributed by atoms with Crippen LogP contribution in [0.1, 0.15) is 146 Å². The van der Waals surface area contributed by atoms with E-state index in [2.05, 4.69) is 27.0 Å². The maximum atomic E-state index is 14.9. The number of aromatic nitrogens is 2. The Morgan fingerprint density at radius 2 is 1.14 bits per heavy atom. The van der Waals surface area contributed by atoms with E-state index >= 15 is 0 Å². The first-order chi connectivity index (χ1) is 31.9. The van der Waals surface area contributed by atoms with E-state index in [0.29, 0.717) is 12.8 Å². The predicted molar refractivity (Wildman–Crippen MR) is 239 cm³/mol. The summed E-state index contributed by atoms with van der Waals surface area (Å²) in [5.41, 5.74) is -0.923. The molecular weight excluding hydrogens is 986 g/mol. The topological polar surface area (TPSA) is 260 Å². The van der Waals surface area contributed by atoms with E-state index in [1.54, 1.807) is 0 Å². The van der Waals surface area contributed by atoms with Crippen molar-refractivity contribution in [2.45, 2.75) is 162 Å². The number of halogens is 1. The summed E-state index contributed by atoms with van der Waals surface area (Å²) in [6, 6.07) is 11.5. The van der Waals surface area contributed by atoms with E-state index < -0.39 is 91.4 Å². The molecule has 0 saturated carbocycles. The van der Waals surface area contributed by atoms with Gasteiger partial charge in [0.25, 0.3) is 21.2 Å². The Balaban J connectivity index is 0.00000817. The summed E-state index contributed by atoms with van der Waals surface area (Å²) < 4.78 is 95.7. The SMILES string of the molecule is CCCCCCCCCC(=O)Oc1ccc(COP(=O)(OCc2ccc(OC(=O)CCCCCCCCC)cc2)OP(=O)([O-])OP(=O)([O-])OC[C@H]2O[C@@H](n3cc(C)c(=O)[nH]c3=O)C[C@@H]2F)cc1.[Na+].[Na+]. The zero-order valence-corrected chi connectivity index (χ0v) is 46.9. The van der Waals surface area contributed by atoms with Gasteiger partial charge in [-0.25, -0.2) is 22.4 Å². The van der Waals surface area contributed by atoms with Gasteiger partial charge in [-0.3, -0.25) is 42.1 Å². The van der Waals surface area contributed by atoms with E-state index in [1.165, 1.54) is 68.3 Å². The predicted octanol–water partition coefficient (Wildman–Crippen LogP) is 3.10. The first kappa shape index (κ1) is 63.5. The molecule has 19 nitrogen and oxygen atoms in total. The number of phosphoric ester groups is 2. The average molecular weight is 1050 g/mol. The molecule has 0 amide bonds. The molecule has 374 valence electrons. The van der Waals surface area contributed by atoms with Crippen molar-refractivity contribution < 1.29 is 133 Å². The fraction of sp³-hybridized carbons (Fsp3) is 0.591. The second-order valence-corrected chi connectivity index (χ2v) is 21.0. The first-order valence-corrected chi connectivity index (χ1v) is 27.1. The number of nitrogens with zero attached hydrogens (tertiary/aromatic N) is 1. The van der Waals surface area contributed by atoms with Crippen molar-refractivity contribution in [2.24, 2.45) is 0 Å². The van der Waals surface area contributed by atoms with Gasteiger partial charge in [0.2, 0.25) is 0 Å². The molecular formula is C44H62FN2Na2O17P3. The summed E-state index contributed by atoms with van der Waals surface area (Å²) in [4.78, 5) is 76.5. The van der Waals surface area contributed by atoms with Crippen LogP contribution < -0.4 is 89.6 Å². The molecule has 0 spiro atoms. The molecule has 0 bridgehead atoms. The molecule has 2 heterocycles. The zero-order valence-electron chi connectivity index (χ0n) is 40.2. The number of rotatable bonds is 32. The van der Waals surface area contributed by atoms with Gasteiger partial charge in [0, 0.05) is 31.0 Å². The van der Waals surface area contributed by atoms with Crippen molar-refractivity contribution in [3.8, 4) is 11.5 Å². The Labute approximate surface area is 446 Å². The van der Waals surface area contributed by atoms with Crippen LogP contribution in [0, 0.1) is 6.92 Å². The molecule has 1 aliphatic heterocycles. The third-order valence-corrected chi connectivity index (χ3v) is 15.0. The van der Waals surface area contributed by atoms with Gasteiger partial charge in [0.1, 0.15) is 30.0 Å². The number of ether oxygens (including phenoxy) is 3. The summed E-state index contributed by atoms with van der Waals surface area (Å²) in [5.74, 6) is -0.430. The Kier molecular flexibility index (Phi) is 29.9. The molecule has 69 heavy (non-hydrogen) atoms. The molecule has 3 aromatic rings. The van der Waals surface area contributed by atoms with Crippen LogP contribution in [0.2, 0.25) is 0 Å². The van der Waals surface area contributed by atoms with Gasteiger partial charge in [-0.2, -0.15) is 0 Å². The number of hydrogen-bond donors (Lipinski definition) is 1. The van der Waals surface area contributed by atoms with E-state index in [0.717, 1.165) is 75.0 Å². The first-order valence-electron chi connectivity index (χ1n) is 22.7. The molecule has 0 aliphatic carbocycles. The number of phosphoric acid groups is 3. The van der Waals surface area contributed by atoms with E-state index in [1.807, 2.05) is 4.98 Å². The van der Waals surface area contributed by atoms with Crippen LogP contribution in [0.15, 0.2) is 64.3 Å². The monoisotopic (exact) mass is 1050 g/mol. The number of aryl methyl sites for hydroxylation is 1. The second-order valence-electron chi connectivity index (χ2n) is 16.2. The van der Waals surface area contributed by atoms with Gasteiger partial charge in [-0.15, -0.1) is 0 Å². The van der Waals surface area contributed by atoms with Crippen molar-refractivity contribution in [3.05, 3.63) is 92.3 Å². The normalized spacial score (nSPS) is 17.5. The molecule has 25 heteroatoms. The number of aromatic amines is 1. The number of H-pyrrole nitrogens is 1. The third-order valence-electron chi connectivity index (χ3n) is 10.5. The smallest absolute Gasteiger partial charge is 0.756 e. The number of carbonyl (C=O) groups excluding carboxylic acids is 2. The largest absolute Gasteiger partial charge is 1.00 e. The quantitative estimate of drug-likeness (QED) is 0.0310. The fourth-order valence-corrected chi connectivity index (χ4v) is 10.7. The Morgan fingerprint density at radius 3 is 1.61 bits per heavy atom. The van der Waals surface area contributed by atoms with Crippen LogP contribution in [-0.4, -0.2) is 40.4 Å². The number of hydrogen-bond acceptors (Lipinski definition) is 17. The Hall–Kier alpha value is -1.64. The summed E-state index contributed by atoms with van der Waals surface area (Å²) in [6.07, 6.45) is 10.8.